The monoisotopic (exact) mass is 295 g/mol. The summed E-state index contributed by atoms with van der Waals surface area (Å²) >= 11 is 5.92. The highest BCUT2D eigenvalue weighted by atomic mass is 35.5. The third-order valence-electron chi connectivity index (χ3n) is 3.72. The van der Waals surface area contributed by atoms with E-state index in [0.717, 1.165) is 36.5 Å². The van der Waals surface area contributed by atoms with Crippen LogP contribution in [0.4, 0.5) is 4.79 Å². The van der Waals surface area contributed by atoms with Gasteiger partial charge < -0.3 is 15.1 Å². The first-order valence-electron chi connectivity index (χ1n) is 7.02. The number of amides is 2. The number of urea groups is 1. The lowest BCUT2D eigenvalue weighted by atomic mass is 10.1. The van der Waals surface area contributed by atoms with E-state index in [0.29, 0.717) is 6.54 Å². The van der Waals surface area contributed by atoms with E-state index in [1.165, 1.54) is 0 Å². The van der Waals surface area contributed by atoms with Crippen LogP contribution in [-0.4, -0.2) is 49.6 Å². The maximum atomic E-state index is 12.0. The lowest BCUT2D eigenvalue weighted by molar-refractivity contribution is 0.202. The van der Waals surface area contributed by atoms with Crippen LogP contribution in [-0.2, 0) is 0 Å². The summed E-state index contributed by atoms with van der Waals surface area (Å²) in [7, 11) is 4.03. The first-order valence-corrected chi connectivity index (χ1v) is 7.40. The van der Waals surface area contributed by atoms with Gasteiger partial charge in [-0.3, -0.25) is 0 Å². The molecule has 0 aliphatic carbocycles. The molecule has 1 fully saturated rings. The summed E-state index contributed by atoms with van der Waals surface area (Å²) in [6, 6.07) is 7.98. The van der Waals surface area contributed by atoms with E-state index in [4.69, 9.17) is 11.6 Å². The Labute approximate surface area is 125 Å². The molecule has 2 rings (SSSR count). The largest absolute Gasteiger partial charge is 0.336 e. The van der Waals surface area contributed by atoms with Gasteiger partial charge in [0.05, 0.1) is 6.04 Å². The molecule has 2 amide bonds. The number of hydrogen-bond acceptors (Lipinski definition) is 2. The Bertz CT molecular complexity index is 441. The normalized spacial score (nSPS) is 16.5. The molecule has 4 nitrogen and oxygen atoms in total. The van der Waals surface area contributed by atoms with Crippen molar-refractivity contribution in [3.63, 3.8) is 0 Å². The first kappa shape index (κ1) is 15.1. The van der Waals surface area contributed by atoms with Crippen LogP contribution in [0, 0.1) is 0 Å². The van der Waals surface area contributed by atoms with Gasteiger partial charge in [0.25, 0.3) is 0 Å². The van der Waals surface area contributed by atoms with Gasteiger partial charge in [0.15, 0.2) is 0 Å². The zero-order chi connectivity index (χ0) is 14.5. The van der Waals surface area contributed by atoms with Crippen LogP contribution in [0.25, 0.3) is 0 Å². The van der Waals surface area contributed by atoms with Crippen molar-refractivity contribution in [1.29, 1.82) is 0 Å². The Morgan fingerprint density at radius 1 is 1.30 bits per heavy atom. The topological polar surface area (TPSA) is 35.6 Å². The fourth-order valence-electron chi connectivity index (χ4n) is 2.50. The average Bonchev–Trinajstić information content (AvgIpc) is 2.94. The smallest absolute Gasteiger partial charge is 0.317 e. The highest BCUT2D eigenvalue weighted by Gasteiger charge is 2.20. The van der Waals surface area contributed by atoms with Crippen LogP contribution < -0.4 is 5.32 Å². The molecule has 1 aliphatic rings. The molecule has 0 aromatic heterocycles. The van der Waals surface area contributed by atoms with Gasteiger partial charge in [-0.2, -0.15) is 0 Å². The van der Waals surface area contributed by atoms with Gasteiger partial charge >= 0.3 is 6.03 Å². The molecule has 0 spiro atoms. The van der Waals surface area contributed by atoms with Gasteiger partial charge in [-0.25, -0.2) is 4.79 Å². The molecule has 0 bridgehead atoms. The third kappa shape index (κ3) is 3.87. The predicted molar refractivity (Wildman–Crippen MR) is 82.1 cm³/mol. The first-order chi connectivity index (χ1) is 9.58. The van der Waals surface area contributed by atoms with Gasteiger partial charge in [0, 0.05) is 24.7 Å². The fraction of sp³-hybridized carbons (Fsp3) is 0.533. The second kappa shape index (κ2) is 6.95. The summed E-state index contributed by atoms with van der Waals surface area (Å²) in [6.45, 7) is 2.35. The second-order valence-electron chi connectivity index (χ2n) is 5.41. The second-order valence-corrected chi connectivity index (χ2v) is 5.85. The van der Waals surface area contributed by atoms with Crippen LogP contribution in [0.1, 0.15) is 24.4 Å². The molecular formula is C15H22ClN3O. The number of hydrogen-bond donors (Lipinski definition) is 1. The highest BCUT2D eigenvalue weighted by Crippen LogP contribution is 2.20. The molecular weight excluding hydrogens is 274 g/mol. The van der Waals surface area contributed by atoms with Gasteiger partial charge in [-0.15, -0.1) is 0 Å². The van der Waals surface area contributed by atoms with Crippen molar-refractivity contribution in [2.75, 3.05) is 33.7 Å². The van der Waals surface area contributed by atoms with E-state index in [2.05, 4.69) is 10.2 Å². The molecule has 1 aromatic carbocycles. The van der Waals surface area contributed by atoms with E-state index in [-0.39, 0.29) is 12.1 Å². The lowest BCUT2D eigenvalue weighted by Gasteiger charge is -2.26. The molecule has 1 aliphatic heterocycles. The summed E-state index contributed by atoms with van der Waals surface area (Å²) in [5, 5.41) is 3.76. The molecule has 1 unspecified atom stereocenters. The molecule has 20 heavy (non-hydrogen) atoms. The van der Waals surface area contributed by atoms with Crippen molar-refractivity contribution in [2.24, 2.45) is 0 Å². The Balaban J connectivity index is 1.95. The standard InChI is InChI=1S/C15H22ClN3O/c1-18(2)14(12-5-7-13(16)8-6-12)11-17-15(20)19-9-3-4-10-19/h5-8,14H,3-4,9-11H2,1-2H3,(H,17,20). The summed E-state index contributed by atoms with van der Waals surface area (Å²) in [4.78, 5) is 16.0. The van der Waals surface area contributed by atoms with Crippen LogP contribution in [0.5, 0.6) is 0 Å². The zero-order valence-corrected chi connectivity index (χ0v) is 12.9. The lowest BCUT2D eigenvalue weighted by Crippen LogP contribution is -2.42. The van der Waals surface area contributed by atoms with E-state index in [1.54, 1.807) is 0 Å². The van der Waals surface area contributed by atoms with Crippen molar-refractivity contribution < 1.29 is 4.79 Å². The molecule has 0 saturated carbocycles. The van der Waals surface area contributed by atoms with Crippen LogP contribution in [0.3, 0.4) is 0 Å². The van der Waals surface area contributed by atoms with Gasteiger partial charge in [0.2, 0.25) is 0 Å². The minimum Gasteiger partial charge on any atom is -0.336 e. The molecule has 1 atom stereocenters. The summed E-state index contributed by atoms with van der Waals surface area (Å²) in [6.07, 6.45) is 2.23. The van der Waals surface area contributed by atoms with Crippen LogP contribution in [0.15, 0.2) is 24.3 Å². The van der Waals surface area contributed by atoms with E-state index < -0.39 is 0 Å². The minimum absolute atomic E-state index is 0.0447. The number of benzene rings is 1. The molecule has 5 heteroatoms. The van der Waals surface area contributed by atoms with Crippen molar-refractivity contribution in [3.8, 4) is 0 Å². The number of likely N-dealkylation sites (N-methyl/N-ethyl adjacent to an activating group) is 1. The number of nitrogens with one attached hydrogen (secondary N) is 1. The number of carbonyl (C=O) groups excluding carboxylic acids is 1. The van der Waals surface area contributed by atoms with Crippen molar-refractivity contribution in [2.45, 2.75) is 18.9 Å². The Morgan fingerprint density at radius 3 is 2.45 bits per heavy atom. The fourth-order valence-corrected chi connectivity index (χ4v) is 2.63. The quantitative estimate of drug-likeness (QED) is 0.927. The van der Waals surface area contributed by atoms with E-state index >= 15 is 0 Å². The van der Waals surface area contributed by atoms with Crippen molar-refractivity contribution >= 4 is 17.6 Å². The summed E-state index contributed by atoms with van der Waals surface area (Å²) in [5.74, 6) is 0. The summed E-state index contributed by atoms with van der Waals surface area (Å²) in [5.41, 5.74) is 1.15. The molecule has 1 saturated heterocycles. The number of rotatable bonds is 4. The molecule has 1 heterocycles. The third-order valence-corrected chi connectivity index (χ3v) is 3.97. The van der Waals surface area contributed by atoms with Gasteiger partial charge in [-0.1, -0.05) is 23.7 Å². The van der Waals surface area contributed by atoms with E-state index in [1.807, 2.05) is 43.3 Å². The average molecular weight is 296 g/mol. The maximum absolute atomic E-state index is 12.0. The molecule has 1 aromatic rings. The number of likely N-dealkylation sites (tertiary alicyclic amines) is 1. The highest BCUT2D eigenvalue weighted by molar-refractivity contribution is 6.30. The molecule has 110 valence electrons. The number of halogens is 1. The van der Waals surface area contributed by atoms with Crippen molar-refractivity contribution in [3.05, 3.63) is 34.9 Å². The van der Waals surface area contributed by atoms with Crippen LogP contribution >= 0.6 is 11.6 Å². The zero-order valence-electron chi connectivity index (χ0n) is 12.1. The van der Waals surface area contributed by atoms with Gasteiger partial charge in [-0.05, 0) is 44.6 Å². The maximum Gasteiger partial charge on any atom is 0.317 e. The molecule has 1 N–H and O–H groups in total. The Hall–Kier alpha value is -1.26. The van der Waals surface area contributed by atoms with E-state index in [9.17, 15) is 4.79 Å². The van der Waals surface area contributed by atoms with Crippen molar-refractivity contribution in [1.82, 2.24) is 15.1 Å². The molecule has 0 radical (unpaired) electrons. The summed E-state index contributed by atoms with van der Waals surface area (Å²) < 4.78 is 0. The SMILES string of the molecule is CN(C)C(CNC(=O)N1CCCC1)c1ccc(Cl)cc1. The Kier molecular flexibility index (Phi) is 5.26. The predicted octanol–water partition coefficient (Wildman–Crippen LogP) is 2.75. The van der Waals surface area contributed by atoms with Crippen LogP contribution in [0.2, 0.25) is 5.02 Å². The number of nitrogens with zero attached hydrogens (tertiary/aromatic N) is 2. The van der Waals surface area contributed by atoms with Gasteiger partial charge in [0.1, 0.15) is 0 Å². The number of carbonyl (C=O) groups is 1. The minimum atomic E-state index is 0.0447. The Morgan fingerprint density at radius 2 is 1.90 bits per heavy atom.